The summed E-state index contributed by atoms with van der Waals surface area (Å²) >= 11 is 0. The molecule has 1 rings (SSSR count). The normalized spacial score (nSPS) is 19.4. The van der Waals surface area contributed by atoms with Crippen LogP contribution in [-0.4, -0.2) is 48.3 Å². The molecule has 0 radical (unpaired) electrons. The molecule has 0 saturated heterocycles. The first-order chi connectivity index (χ1) is 9.13. The first kappa shape index (κ1) is 16.9. The highest BCUT2D eigenvalue weighted by Gasteiger charge is 2.22. The number of hydrogen-bond donors (Lipinski definition) is 2. The number of aliphatic hydroxyl groups excluding tert-OH is 1. The van der Waals surface area contributed by atoms with Gasteiger partial charge in [-0.2, -0.15) is 0 Å². The average molecular weight is 270 g/mol. The lowest BCUT2D eigenvalue weighted by Gasteiger charge is -2.32. The Hall–Kier alpha value is -0.120. The van der Waals surface area contributed by atoms with Crippen molar-refractivity contribution < 1.29 is 5.11 Å². The van der Waals surface area contributed by atoms with Gasteiger partial charge in [-0.25, -0.2) is 0 Å². The smallest absolute Gasteiger partial charge is 0.0610 e. The number of unbranched alkanes of at least 4 members (excludes halogenated alkanes) is 1. The van der Waals surface area contributed by atoms with Gasteiger partial charge in [0.05, 0.1) is 6.61 Å². The molecule has 3 heteroatoms. The minimum atomic E-state index is -0.0836. The maximum Gasteiger partial charge on any atom is 0.0610 e. The highest BCUT2D eigenvalue weighted by molar-refractivity contribution is 4.81. The van der Waals surface area contributed by atoms with Gasteiger partial charge in [-0.05, 0) is 58.2 Å². The number of hydrogen-bond acceptors (Lipinski definition) is 3. The van der Waals surface area contributed by atoms with E-state index in [0.29, 0.717) is 0 Å². The lowest BCUT2D eigenvalue weighted by Crippen LogP contribution is -2.45. The fourth-order valence-corrected chi connectivity index (χ4v) is 2.92. The summed E-state index contributed by atoms with van der Waals surface area (Å²) in [5, 5.41) is 12.9. The monoisotopic (exact) mass is 270 g/mol. The van der Waals surface area contributed by atoms with Crippen molar-refractivity contribution in [2.24, 2.45) is 5.92 Å². The van der Waals surface area contributed by atoms with Crippen LogP contribution in [0.3, 0.4) is 0 Å². The first-order valence-corrected chi connectivity index (χ1v) is 8.21. The summed E-state index contributed by atoms with van der Waals surface area (Å²) < 4.78 is 0. The summed E-state index contributed by atoms with van der Waals surface area (Å²) in [6.45, 7) is 11.4. The maximum absolute atomic E-state index is 9.46. The molecule has 0 bridgehead atoms. The minimum Gasteiger partial charge on any atom is -0.394 e. The van der Waals surface area contributed by atoms with Gasteiger partial charge in [0, 0.05) is 12.1 Å². The molecular formula is C16H34N2O. The zero-order valence-corrected chi connectivity index (χ0v) is 13.2. The van der Waals surface area contributed by atoms with Crippen LogP contribution in [0.25, 0.3) is 0 Å². The fourth-order valence-electron chi connectivity index (χ4n) is 2.92. The number of likely N-dealkylation sites (N-methyl/N-ethyl adjacent to an activating group) is 1. The summed E-state index contributed by atoms with van der Waals surface area (Å²) in [5.41, 5.74) is -0.0836. The topological polar surface area (TPSA) is 35.5 Å². The summed E-state index contributed by atoms with van der Waals surface area (Å²) in [5.74, 6) is 0.976. The predicted molar refractivity (Wildman–Crippen MR) is 82.5 cm³/mol. The minimum absolute atomic E-state index is 0.0836. The number of nitrogens with zero attached hydrogens (tertiary/aromatic N) is 1. The molecule has 0 aromatic heterocycles. The lowest BCUT2D eigenvalue weighted by atomic mass is 9.85. The second kappa shape index (κ2) is 8.93. The Morgan fingerprint density at radius 2 is 2.00 bits per heavy atom. The molecule has 0 aliphatic heterocycles. The Bertz CT molecular complexity index is 231. The van der Waals surface area contributed by atoms with Crippen molar-refractivity contribution in [3.8, 4) is 0 Å². The van der Waals surface area contributed by atoms with Gasteiger partial charge in [0.2, 0.25) is 0 Å². The highest BCUT2D eigenvalue weighted by Crippen LogP contribution is 2.27. The van der Waals surface area contributed by atoms with Gasteiger partial charge in [-0.15, -0.1) is 0 Å². The van der Waals surface area contributed by atoms with E-state index in [-0.39, 0.29) is 12.1 Å². The second-order valence-electron chi connectivity index (χ2n) is 6.40. The van der Waals surface area contributed by atoms with Crippen LogP contribution in [0, 0.1) is 5.92 Å². The van der Waals surface area contributed by atoms with E-state index < -0.39 is 0 Å². The molecule has 0 spiro atoms. The zero-order chi connectivity index (χ0) is 14.1. The molecule has 2 N–H and O–H groups in total. The van der Waals surface area contributed by atoms with Crippen molar-refractivity contribution in [1.82, 2.24) is 10.2 Å². The fraction of sp³-hybridized carbons (Fsp3) is 1.00. The maximum atomic E-state index is 9.46. The molecule has 19 heavy (non-hydrogen) atoms. The Morgan fingerprint density at radius 1 is 1.26 bits per heavy atom. The average Bonchev–Trinajstić information content (AvgIpc) is 2.36. The van der Waals surface area contributed by atoms with E-state index in [1.165, 1.54) is 51.7 Å². The van der Waals surface area contributed by atoms with Crippen LogP contribution in [0.1, 0.15) is 59.3 Å². The van der Waals surface area contributed by atoms with E-state index in [0.717, 1.165) is 18.9 Å². The molecule has 1 saturated carbocycles. The molecule has 114 valence electrons. The van der Waals surface area contributed by atoms with Gasteiger partial charge in [0.25, 0.3) is 0 Å². The third kappa shape index (κ3) is 6.24. The predicted octanol–water partition coefficient (Wildman–Crippen LogP) is 2.64. The van der Waals surface area contributed by atoms with Crippen LogP contribution in [0.4, 0.5) is 0 Å². The molecule has 0 amide bonds. The van der Waals surface area contributed by atoms with Crippen molar-refractivity contribution in [3.63, 3.8) is 0 Å². The molecule has 0 aromatic rings. The van der Waals surface area contributed by atoms with Crippen LogP contribution < -0.4 is 5.32 Å². The number of nitrogens with one attached hydrogen (secondary N) is 1. The molecule has 1 unspecified atom stereocenters. The molecule has 0 heterocycles. The molecule has 3 nitrogen and oxygen atoms in total. The van der Waals surface area contributed by atoms with Gasteiger partial charge in [0.15, 0.2) is 0 Å². The third-order valence-electron chi connectivity index (χ3n) is 4.59. The van der Waals surface area contributed by atoms with Crippen molar-refractivity contribution >= 4 is 0 Å². The van der Waals surface area contributed by atoms with Crippen molar-refractivity contribution in [2.45, 2.75) is 64.8 Å². The second-order valence-corrected chi connectivity index (χ2v) is 6.40. The summed E-state index contributed by atoms with van der Waals surface area (Å²) in [6.07, 6.45) is 7.85. The molecule has 1 aliphatic carbocycles. The summed E-state index contributed by atoms with van der Waals surface area (Å²) in [6, 6.07) is 0. The summed E-state index contributed by atoms with van der Waals surface area (Å²) in [7, 11) is 0. The van der Waals surface area contributed by atoms with Crippen LogP contribution in [-0.2, 0) is 0 Å². The lowest BCUT2D eigenvalue weighted by molar-refractivity contribution is 0.157. The zero-order valence-electron chi connectivity index (χ0n) is 13.2. The van der Waals surface area contributed by atoms with Crippen molar-refractivity contribution in [1.29, 1.82) is 0 Å². The van der Waals surface area contributed by atoms with E-state index >= 15 is 0 Å². The van der Waals surface area contributed by atoms with E-state index in [4.69, 9.17) is 0 Å². The first-order valence-electron chi connectivity index (χ1n) is 8.21. The summed E-state index contributed by atoms with van der Waals surface area (Å²) in [4.78, 5) is 2.60. The Balaban J connectivity index is 2.13. The number of rotatable bonds is 11. The van der Waals surface area contributed by atoms with Gasteiger partial charge in [-0.3, -0.25) is 0 Å². The quantitative estimate of drug-likeness (QED) is 0.567. The van der Waals surface area contributed by atoms with E-state index in [9.17, 15) is 5.11 Å². The van der Waals surface area contributed by atoms with Crippen molar-refractivity contribution in [2.75, 3.05) is 32.8 Å². The molecule has 0 aromatic carbocycles. The van der Waals surface area contributed by atoms with Gasteiger partial charge in [-0.1, -0.05) is 26.7 Å². The van der Waals surface area contributed by atoms with Crippen LogP contribution >= 0.6 is 0 Å². The molecular weight excluding hydrogens is 236 g/mol. The van der Waals surface area contributed by atoms with E-state index in [1.807, 2.05) is 0 Å². The molecule has 1 fully saturated rings. The Labute approximate surface area is 119 Å². The number of aliphatic hydroxyl groups is 1. The Morgan fingerprint density at radius 3 is 2.47 bits per heavy atom. The van der Waals surface area contributed by atoms with Gasteiger partial charge >= 0.3 is 0 Å². The highest BCUT2D eigenvalue weighted by atomic mass is 16.3. The van der Waals surface area contributed by atoms with Gasteiger partial charge in [0.1, 0.15) is 0 Å². The largest absolute Gasteiger partial charge is 0.394 e. The standard InChI is InChI=1S/C16H34N2O/c1-4-17-16(3,14-19)11-6-7-12-18(5-2)13-15-9-8-10-15/h15,17,19H,4-14H2,1-3H3. The molecule has 1 atom stereocenters. The van der Waals surface area contributed by atoms with Crippen LogP contribution in [0.15, 0.2) is 0 Å². The third-order valence-corrected chi connectivity index (χ3v) is 4.59. The van der Waals surface area contributed by atoms with Crippen LogP contribution in [0.2, 0.25) is 0 Å². The Kier molecular flexibility index (Phi) is 7.96. The van der Waals surface area contributed by atoms with Gasteiger partial charge < -0.3 is 15.3 Å². The van der Waals surface area contributed by atoms with Crippen molar-refractivity contribution in [3.05, 3.63) is 0 Å². The van der Waals surface area contributed by atoms with E-state index in [2.05, 4.69) is 31.0 Å². The molecule has 1 aliphatic rings. The SMILES string of the molecule is CCNC(C)(CO)CCCCN(CC)CC1CCC1. The van der Waals surface area contributed by atoms with E-state index in [1.54, 1.807) is 0 Å². The van der Waals surface area contributed by atoms with Crippen LogP contribution in [0.5, 0.6) is 0 Å².